The molecule has 1 amide bonds. The number of nitrogens with zero attached hydrogens (tertiary/aromatic N) is 3. The van der Waals surface area contributed by atoms with E-state index in [9.17, 15) is 14.7 Å². The van der Waals surface area contributed by atoms with Gasteiger partial charge in [0.15, 0.2) is 0 Å². The summed E-state index contributed by atoms with van der Waals surface area (Å²) in [7, 11) is 1.25. The number of fused-ring (bicyclic) bond motifs is 1. The number of aryl methyl sites for hydroxylation is 1. The van der Waals surface area contributed by atoms with Crippen molar-refractivity contribution in [3.63, 3.8) is 0 Å². The molecule has 12 heteroatoms. The summed E-state index contributed by atoms with van der Waals surface area (Å²) in [6, 6.07) is 10.4. The molecule has 11 nitrogen and oxygen atoms in total. The van der Waals surface area contributed by atoms with Crippen LogP contribution in [0.3, 0.4) is 0 Å². The number of carbonyl (C=O) groups excluding carboxylic acids is 1. The number of methoxy groups -OCH3 is 1. The predicted octanol–water partition coefficient (Wildman–Crippen LogP) is 4.39. The molecule has 5 N–H and O–H groups in total. The van der Waals surface area contributed by atoms with Gasteiger partial charge in [-0.15, -0.1) is 0 Å². The number of hydrogen-bond donors (Lipinski definition) is 5. The molecule has 38 heavy (non-hydrogen) atoms. The number of hydrogen-bond acceptors (Lipinski definition) is 7. The van der Waals surface area contributed by atoms with E-state index in [0.29, 0.717) is 28.3 Å². The molecular formula is C26H24ClN7O4. The van der Waals surface area contributed by atoms with Crippen molar-refractivity contribution in [1.29, 1.82) is 0 Å². The van der Waals surface area contributed by atoms with E-state index in [1.54, 1.807) is 36.8 Å². The summed E-state index contributed by atoms with van der Waals surface area (Å²) in [6.45, 7) is 2.04. The standard InChI is InChI=1S/C26H24ClN7O4/c1-14-9-16(34-8-7-28-13-34)11-20-23(14)33-24(31-20)22-19(5-6-29-25(22)36)30-12-21(35)15-3-4-18(17(27)10-15)32-26(37)38-2/h3-11,13,21,35H,12H2,1-2H3,(H,31,33)(H,32,37)(H2,29,30,36). The molecule has 3 aromatic heterocycles. The summed E-state index contributed by atoms with van der Waals surface area (Å²) >= 11 is 6.25. The number of aromatic nitrogens is 5. The Morgan fingerprint density at radius 2 is 2.08 bits per heavy atom. The second kappa shape index (κ2) is 10.4. The molecule has 1 unspecified atom stereocenters. The Morgan fingerprint density at radius 3 is 2.82 bits per heavy atom. The van der Waals surface area contributed by atoms with Crippen molar-refractivity contribution in [2.45, 2.75) is 13.0 Å². The maximum Gasteiger partial charge on any atom is 0.411 e. The normalized spacial score (nSPS) is 11.9. The van der Waals surface area contributed by atoms with E-state index in [0.717, 1.165) is 22.3 Å². The number of halogens is 1. The Hall–Kier alpha value is -4.61. The van der Waals surface area contributed by atoms with Crippen LogP contribution < -0.4 is 16.2 Å². The summed E-state index contributed by atoms with van der Waals surface area (Å²) in [4.78, 5) is 39.1. The Bertz CT molecular complexity index is 1680. The van der Waals surface area contributed by atoms with Crippen LogP contribution in [0.4, 0.5) is 16.2 Å². The molecular weight excluding hydrogens is 510 g/mol. The molecule has 194 valence electrons. The van der Waals surface area contributed by atoms with Crippen molar-refractivity contribution in [1.82, 2.24) is 24.5 Å². The number of aromatic amines is 2. The van der Waals surface area contributed by atoms with Crippen molar-refractivity contribution in [2.24, 2.45) is 0 Å². The molecule has 0 aliphatic rings. The van der Waals surface area contributed by atoms with E-state index < -0.39 is 12.2 Å². The lowest BCUT2D eigenvalue weighted by atomic mass is 10.1. The van der Waals surface area contributed by atoms with Gasteiger partial charge in [0.05, 0.1) is 47.0 Å². The SMILES string of the molecule is COC(=O)Nc1ccc(C(O)CNc2cc[nH]c(=O)c2-c2nc3c(C)cc(-n4ccnc4)cc3[nH]2)cc1Cl. The van der Waals surface area contributed by atoms with Crippen LogP contribution in [-0.2, 0) is 4.74 Å². The first-order valence-corrected chi connectivity index (χ1v) is 12.0. The van der Waals surface area contributed by atoms with E-state index >= 15 is 0 Å². The summed E-state index contributed by atoms with van der Waals surface area (Å²) in [6.07, 6.45) is 5.18. The summed E-state index contributed by atoms with van der Waals surface area (Å²) in [5.74, 6) is 0.394. The lowest BCUT2D eigenvalue weighted by Gasteiger charge is -2.16. The number of pyridine rings is 1. The lowest BCUT2D eigenvalue weighted by molar-refractivity contribution is 0.187. The number of nitrogens with one attached hydrogen (secondary N) is 4. The summed E-state index contributed by atoms with van der Waals surface area (Å²) < 4.78 is 6.46. The highest BCUT2D eigenvalue weighted by molar-refractivity contribution is 6.33. The molecule has 0 spiro atoms. The number of H-pyrrole nitrogens is 2. The fourth-order valence-electron chi connectivity index (χ4n) is 4.14. The van der Waals surface area contributed by atoms with Crippen LogP contribution in [0.5, 0.6) is 0 Å². The van der Waals surface area contributed by atoms with E-state index in [1.807, 2.05) is 29.8 Å². The number of aliphatic hydroxyl groups is 1. The zero-order valence-corrected chi connectivity index (χ0v) is 21.2. The highest BCUT2D eigenvalue weighted by Gasteiger charge is 2.18. The number of anilines is 2. The number of ether oxygens (including phenoxy) is 1. The fraction of sp³-hybridized carbons (Fsp3) is 0.154. The Balaban J connectivity index is 1.40. The van der Waals surface area contributed by atoms with Gasteiger partial charge < -0.3 is 29.7 Å². The maximum absolute atomic E-state index is 12.9. The molecule has 1 atom stereocenters. The largest absolute Gasteiger partial charge is 0.453 e. The second-order valence-electron chi connectivity index (χ2n) is 8.56. The van der Waals surface area contributed by atoms with Crippen LogP contribution >= 0.6 is 11.6 Å². The van der Waals surface area contributed by atoms with Gasteiger partial charge in [0.25, 0.3) is 5.56 Å². The molecule has 5 rings (SSSR count). The van der Waals surface area contributed by atoms with Crippen LogP contribution in [0.2, 0.25) is 5.02 Å². The molecule has 0 saturated carbocycles. The van der Waals surface area contributed by atoms with Crippen LogP contribution in [-0.4, -0.2) is 49.4 Å². The highest BCUT2D eigenvalue weighted by Crippen LogP contribution is 2.29. The minimum absolute atomic E-state index is 0.0839. The smallest absolute Gasteiger partial charge is 0.411 e. The number of amides is 1. The van der Waals surface area contributed by atoms with Crippen LogP contribution in [0.1, 0.15) is 17.2 Å². The topological polar surface area (TPSA) is 150 Å². The van der Waals surface area contributed by atoms with Gasteiger partial charge in [0, 0.05) is 30.8 Å². The van der Waals surface area contributed by atoms with Crippen LogP contribution in [0.25, 0.3) is 28.1 Å². The number of rotatable bonds is 7. The molecule has 0 radical (unpaired) electrons. The van der Waals surface area contributed by atoms with Gasteiger partial charge in [0.1, 0.15) is 11.4 Å². The van der Waals surface area contributed by atoms with E-state index in [1.165, 1.54) is 13.3 Å². The quantitative estimate of drug-likeness (QED) is 0.208. The van der Waals surface area contributed by atoms with Gasteiger partial charge >= 0.3 is 6.09 Å². The first kappa shape index (κ1) is 25.1. The molecule has 0 fully saturated rings. The minimum atomic E-state index is -0.956. The number of imidazole rings is 2. The number of aliphatic hydroxyl groups excluding tert-OH is 1. The molecule has 0 aliphatic carbocycles. The zero-order valence-electron chi connectivity index (χ0n) is 20.4. The van der Waals surface area contributed by atoms with Crippen LogP contribution in [0.15, 0.2) is 66.1 Å². The van der Waals surface area contributed by atoms with Crippen molar-refractivity contribution < 1.29 is 14.6 Å². The predicted molar refractivity (Wildman–Crippen MR) is 145 cm³/mol. The van der Waals surface area contributed by atoms with E-state index in [-0.39, 0.29) is 17.1 Å². The average molecular weight is 534 g/mol. The maximum atomic E-state index is 12.9. The van der Waals surface area contributed by atoms with Crippen molar-refractivity contribution in [3.8, 4) is 17.1 Å². The third kappa shape index (κ3) is 4.97. The van der Waals surface area contributed by atoms with Gasteiger partial charge in [-0.1, -0.05) is 17.7 Å². The Morgan fingerprint density at radius 1 is 1.24 bits per heavy atom. The summed E-state index contributed by atoms with van der Waals surface area (Å²) in [5.41, 5.74) is 4.72. The third-order valence-corrected chi connectivity index (χ3v) is 6.36. The molecule has 2 aromatic carbocycles. The first-order chi connectivity index (χ1) is 18.3. The second-order valence-corrected chi connectivity index (χ2v) is 8.97. The van der Waals surface area contributed by atoms with Crippen LogP contribution in [0, 0.1) is 6.92 Å². The van der Waals surface area contributed by atoms with Gasteiger partial charge in [-0.2, -0.15) is 0 Å². The number of carbonyl (C=O) groups is 1. The highest BCUT2D eigenvalue weighted by atomic mass is 35.5. The van der Waals surface area contributed by atoms with Gasteiger partial charge in [-0.05, 0) is 48.4 Å². The third-order valence-electron chi connectivity index (χ3n) is 6.05. The van der Waals surface area contributed by atoms with Gasteiger partial charge in [-0.25, -0.2) is 14.8 Å². The molecule has 5 aromatic rings. The van der Waals surface area contributed by atoms with Crippen molar-refractivity contribution in [2.75, 3.05) is 24.3 Å². The van der Waals surface area contributed by atoms with E-state index in [2.05, 4.69) is 30.3 Å². The molecule has 0 bridgehead atoms. The van der Waals surface area contributed by atoms with E-state index in [4.69, 9.17) is 16.6 Å². The summed E-state index contributed by atoms with van der Waals surface area (Å²) in [5, 5.41) is 16.7. The minimum Gasteiger partial charge on any atom is -0.453 e. The first-order valence-electron chi connectivity index (χ1n) is 11.6. The average Bonchev–Trinajstić information content (AvgIpc) is 3.59. The van der Waals surface area contributed by atoms with Crippen molar-refractivity contribution >= 4 is 40.1 Å². The molecule has 0 saturated heterocycles. The van der Waals surface area contributed by atoms with Gasteiger partial charge in [-0.3, -0.25) is 10.1 Å². The Labute approximate surface area is 221 Å². The number of benzene rings is 2. The van der Waals surface area contributed by atoms with Gasteiger partial charge in [0.2, 0.25) is 0 Å². The monoisotopic (exact) mass is 533 g/mol. The molecule has 3 heterocycles. The zero-order chi connectivity index (χ0) is 26.8. The fourth-order valence-corrected chi connectivity index (χ4v) is 4.37. The van der Waals surface area contributed by atoms with Crippen molar-refractivity contribution in [3.05, 3.63) is 87.8 Å². The lowest BCUT2D eigenvalue weighted by Crippen LogP contribution is -2.17. The Kier molecular flexibility index (Phi) is 6.86. The molecule has 0 aliphatic heterocycles.